The minimum absolute atomic E-state index is 0.00586. The molecule has 0 unspecified atom stereocenters. The second-order valence-corrected chi connectivity index (χ2v) is 5.43. The molecule has 0 aliphatic rings. The van der Waals surface area contributed by atoms with Crippen LogP contribution in [-0.4, -0.2) is 35.2 Å². The van der Waals surface area contributed by atoms with Gasteiger partial charge in [-0.25, -0.2) is 0 Å². The Labute approximate surface area is 131 Å². The summed E-state index contributed by atoms with van der Waals surface area (Å²) in [5, 5.41) is 17.7. The van der Waals surface area contributed by atoms with E-state index in [0.717, 1.165) is 30.6 Å². The Morgan fingerprint density at radius 3 is 2.18 bits per heavy atom. The molecule has 2 N–H and O–H groups in total. The van der Waals surface area contributed by atoms with Crippen molar-refractivity contribution < 1.29 is 19.8 Å². The SMILES string of the molecule is CCCCCCN(CCC(=O)O)c1ccc(CC(=O)O)cc1. The molecule has 122 valence electrons. The van der Waals surface area contributed by atoms with Gasteiger partial charge in [0, 0.05) is 18.8 Å². The number of unbranched alkanes of at least 4 members (excludes halogenated alkanes) is 3. The van der Waals surface area contributed by atoms with Gasteiger partial charge in [-0.1, -0.05) is 38.3 Å². The van der Waals surface area contributed by atoms with Crippen molar-refractivity contribution in [2.45, 2.75) is 45.4 Å². The fraction of sp³-hybridized carbons (Fsp3) is 0.529. The lowest BCUT2D eigenvalue weighted by Gasteiger charge is -2.24. The van der Waals surface area contributed by atoms with E-state index >= 15 is 0 Å². The van der Waals surface area contributed by atoms with Crippen LogP contribution in [0.1, 0.15) is 44.6 Å². The average Bonchev–Trinajstić information content (AvgIpc) is 2.47. The summed E-state index contributed by atoms with van der Waals surface area (Å²) in [5.74, 6) is -1.66. The lowest BCUT2D eigenvalue weighted by Crippen LogP contribution is -2.27. The summed E-state index contributed by atoms with van der Waals surface area (Å²) in [5.41, 5.74) is 1.70. The summed E-state index contributed by atoms with van der Waals surface area (Å²) in [6.07, 6.45) is 4.63. The Morgan fingerprint density at radius 1 is 0.955 bits per heavy atom. The number of hydrogen-bond acceptors (Lipinski definition) is 3. The average molecular weight is 307 g/mol. The Kier molecular flexibility index (Phi) is 8.04. The summed E-state index contributed by atoms with van der Waals surface area (Å²) in [4.78, 5) is 23.6. The van der Waals surface area contributed by atoms with Crippen molar-refractivity contribution >= 4 is 17.6 Å². The molecule has 5 nitrogen and oxygen atoms in total. The number of carboxylic acid groups (broad SMARTS) is 2. The molecule has 5 heteroatoms. The quantitative estimate of drug-likeness (QED) is 0.614. The number of anilines is 1. The first-order chi connectivity index (χ1) is 10.5. The summed E-state index contributed by atoms with van der Waals surface area (Å²) >= 11 is 0. The predicted octanol–water partition coefficient (Wildman–Crippen LogP) is 3.18. The van der Waals surface area contributed by atoms with Crippen LogP contribution in [0.3, 0.4) is 0 Å². The fourth-order valence-electron chi connectivity index (χ4n) is 2.33. The maximum atomic E-state index is 10.8. The van der Waals surface area contributed by atoms with Gasteiger partial charge in [0.25, 0.3) is 0 Å². The van der Waals surface area contributed by atoms with E-state index in [2.05, 4.69) is 11.8 Å². The summed E-state index contributed by atoms with van der Waals surface area (Å²) in [6.45, 7) is 3.45. The topological polar surface area (TPSA) is 77.8 Å². The van der Waals surface area contributed by atoms with Crippen molar-refractivity contribution in [1.82, 2.24) is 0 Å². The number of hydrogen-bond donors (Lipinski definition) is 2. The first kappa shape index (κ1) is 18.0. The molecule has 0 saturated heterocycles. The van der Waals surface area contributed by atoms with Gasteiger partial charge in [0.05, 0.1) is 12.8 Å². The van der Waals surface area contributed by atoms with Gasteiger partial charge < -0.3 is 15.1 Å². The summed E-state index contributed by atoms with van der Waals surface area (Å²) in [6, 6.07) is 7.34. The number of aliphatic carboxylic acids is 2. The molecule has 0 bridgehead atoms. The minimum Gasteiger partial charge on any atom is -0.481 e. The molecule has 0 fully saturated rings. The van der Waals surface area contributed by atoms with E-state index < -0.39 is 11.9 Å². The third-order valence-corrected chi connectivity index (χ3v) is 3.53. The Balaban J connectivity index is 2.66. The Bertz CT molecular complexity index is 470. The third-order valence-electron chi connectivity index (χ3n) is 3.53. The van der Waals surface area contributed by atoms with Crippen LogP contribution in [0.5, 0.6) is 0 Å². The highest BCUT2D eigenvalue weighted by molar-refractivity contribution is 5.70. The van der Waals surface area contributed by atoms with Gasteiger partial charge in [-0.3, -0.25) is 9.59 Å². The van der Waals surface area contributed by atoms with E-state index in [1.54, 1.807) is 12.1 Å². The molecule has 0 amide bonds. The lowest BCUT2D eigenvalue weighted by molar-refractivity contribution is -0.137. The Morgan fingerprint density at radius 2 is 1.64 bits per heavy atom. The number of benzene rings is 1. The van der Waals surface area contributed by atoms with Crippen molar-refractivity contribution in [3.8, 4) is 0 Å². The summed E-state index contributed by atoms with van der Waals surface area (Å²) in [7, 11) is 0. The molecular weight excluding hydrogens is 282 g/mol. The molecule has 0 heterocycles. The lowest BCUT2D eigenvalue weighted by atomic mass is 10.1. The molecule has 0 spiro atoms. The smallest absolute Gasteiger partial charge is 0.307 e. The maximum absolute atomic E-state index is 10.8. The summed E-state index contributed by atoms with van der Waals surface area (Å²) < 4.78 is 0. The molecule has 0 radical (unpaired) electrons. The van der Waals surface area contributed by atoms with Crippen molar-refractivity contribution in [3.05, 3.63) is 29.8 Å². The van der Waals surface area contributed by atoms with Gasteiger partial charge in [-0.2, -0.15) is 0 Å². The molecule has 22 heavy (non-hydrogen) atoms. The fourth-order valence-corrected chi connectivity index (χ4v) is 2.33. The molecule has 0 aliphatic heterocycles. The largest absolute Gasteiger partial charge is 0.481 e. The van der Waals surface area contributed by atoms with Crippen molar-refractivity contribution in [3.63, 3.8) is 0 Å². The zero-order valence-corrected chi connectivity index (χ0v) is 13.1. The highest BCUT2D eigenvalue weighted by Gasteiger charge is 2.09. The zero-order chi connectivity index (χ0) is 16.4. The van der Waals surface area contributed by atoms with Gasteiger partial charge in [0.15, 0.2) is 0 Å². The molecule has 1 aromatic rings. The van der Waals surface area contributed by atoms with E-state index in [1.807, 2.05) is 12.1 Å². The molecular formula is C17H25NO4. The predicted molar refractivity (Wildman–Crippen MR) is 86.4 cm³/mol. The highest BCUT2D eigenvalue weighted by atomic mass is 16.4. The van der Waals surface area contributed by atoms with Gasteiger partial charge in [0.1, 0.15) is 0 Å². The van der Waals surface area contributed by atoms with Crippen LogP contribution < -0.4 is 4.90 Å². The monoisotopic (exact) mass is 307 g/mol. The zero-order valence-electron chi connectivity index (χ0n) is 13.1. The van der Waals surface area contributed by atoms with E-state index in [-0.39, 0.29) is 12.8 Å². The van der Waals surface area contributed by atoms with Crippen molar-refractivity contribution in [1.29, 1.82) is 0 Å². The van der Waals surface area contributed by atoms with Crippen LogP contribution in [-0.2, 0) is 16.0 Å². The van der Waals surface area contributed by atoms with E-state index in [1.165, 1.54) is 12.8 Å². The van der Waals surface area contributed by atoms with Gasteiger partial charge in [0.2, 0.25) is 0 Å². The molecule has 0 atom stereocenters. The molecule has 0 aliphatic carbocycles. The molecule has 1 aromatic carbocycles. The van der Waals surface area contributed by atoms with Crippen molar-refractivity contribution in [2.75, 3.05) is 18.0 Å². The van der Waals surface area contributed by atoms with E-state index in [4.69, 9.17) is 10.2 Å². The first-order valence-corrected chi connectivity index (χ1v) is 7.80. The second kappa shape index (κ2) is 9.82. The highest BCUT2D eigenvalue weighted by Crippen LogP contribution is 2.17. The van der Waals surface area contributed by atoms with E-state index in [0.29, 0.717) is 6.54 Å². The van der Waals surface area contributed by atoms with Gasteiger partial charge in [-0.05, 0) is 24.1 Å². The van der Waals surface area contributed by atoms with Crippen LogP contribution >= 0.6 is 0 Å². The Hall–Kier alpha value is -2.04. The van der Waals surface area contributed by atoms with Crippen LogP contribution in [0.2, 0.25) is 0 Å². The molecule has 0 aromatic heterocycles. The standard InChI is InChI=1S/C17H25NO4/c1-2-3-4-5-11-18(12-10-16(19)20)15-8-6-14(7-9-15)13-17(21)22/h6-9H,2-5,10-13H2,1H3,(H,19,20)(H,21,22). The van der Waals surface area contributed by atoms with Crippen LogP contribution in [0.25, 0.3) is 0 Å². The number of rotatable bonds is 11. The number of nitrogens with zero attached hydrogens (tertiary/aromatic N) is 1. The number of carboxylic acids is 2. The normalized spacial score (nSPS) is 10.4. The second-order valence-electron chi connectivity index (χ2n) is 5.43. The number of carbonyl (C=O) groups is 2. The minimum atomic E-state index is -0.852. The van der Waals surface area contributed by atoms with Crippen LogP contribution in [0.4, 0.5) is 5.69 Å². The third kappa shape index (κ3) is 7.11. The van der Waals surface area contributed by atoms with Crippen LogP contribution in [0.15, 0.2) is 24.3 Å². The van der Waals surface area contributed by atoms with E-state index in [9.17, 15) is 9.59 Å². The van der Waals surface area contributed by atoms with Gasteiger partial charge in [-0.15, -0.1) is 0 Å². The maximum Gasteiger partial charge on any atom is 0.307 e. The van der Waals surface area contributed by atoms with Crippen LogP contribution in [0, 0.1) is 0 Å². The first-order valence-electron chi connectivity index (χ1n) is 7.80. The molecule has 0 saturated carbocycles. The van der Waals surface area contributed by atoms with Crippen molar-refractivity contribution in [2.24, 2.45) is 0 Å². The molecule has 1 rings (SSSR count). The van der Waals surface area contributed by atoms with Gasteiger partial charge >= 0.3 is 11.9 Å².